The number of likely N-dealkylation sites (N-methyl/N-ethyl adjacent to an activating group) is 1. The van der Waals surface area contributed by atoms with E-state index in [-0.39, 0.29) is 35.6 Å². The molecule has 20 heavy (non-hydrogen) atoms. The van der Waals surface area contributed by atoms with E-state index in [9.17, 15) is 8.42 Å². The van der Waals surface area contributed by atoms with Crippen molar-refractivity contribution in [2.75, 3.05) is 20.7 Å². The molecule has 0 fully saturated rings. The van der Waals surface area contributed by atoms with Crippen molar-refractivity contribution in [3.8, 4) is 5.75 Å². The highest BCUT2D eigenvalue weighted by Gasteiger charge is 2.29. The summed E-state index contributed by atoms with van der Waals surface area (Å²) in [5.41, 5.74) is 5.51. The Kier molecular flexibility index (Phi) is 7.80. The predicted octanol–water partition coefficient (Wildman–Crippen LogP) is 2.50. The highest BCUT2D eigenvalue weighted by atomic mass is 79.9. The van der Waals surface area contributed by atoms with Crippen LogP contribution in [0.1, 0.15) is 6.92 Å². The molecule has 0 radical (unpaired) electrons. The van der Waals surface area contributed by atoms with Crippen LogP contribution in [-0.2, 0) is 10.0 Å². The maximum absolute atomic E-state index is 12.5. The zero-order valence-corrected chi connectivity index (χ0v) is 15.2. The molecule has 0 spiro atoms. The molecule has 0 saturated carbocycles. The van der Waals surface area contributed by atoms with E-state index in [2.05, 4.69) is 15.9 Å². The summed E-state index contributed by atoms with van der Waals surface area (Å²) in [6.07, 6.45) is 0. The van der Waals surface area contributed by atoms with Gasteiger partial charge in [0.2, 0.25) is 10.0 Å². The Morgan fingerprint density at radius 3 is 2.50 bits per heavy atom. The summed E-state index contributed by atoms with van der Waals surface area (Å²) in [7, 11) is -0.849. The monoisotopic (exact) mass is 406 g/mol. The van der Waals surface area contributed by atoms with Gasteiger partial charge in [-0.2, -0.15) is 4.31 Å². The van der Waals surface area contributed by atoms with E-state index in [4.69, 9.17) is 22.1 Å². The van der Waals surface area contributed by atoms with Crippen molar-refractivity contribution in [2.24, 2.45) is 5.73 Å². The van der Waals surface area contributed by atoms with E-state index >= 15 is 0 Å². The van der Waals surface area contributed by atoms with Gasteiger partial charge in [-0.3, -0.25) is 0 Å². The van der Waals surface area contributed by atoms with E-state index in [1.807, 2.05) is 0 Å². The quantitative estimate of drug-likeness (QED) is 0.813. The summed E-state index contributed by atoms with van der Waals surface area (Å²) in [5, 5.41) is 0.306. The Labute approximate surface area is 139 Å². The molecule has 1 aromatic rings. The van der Waals surface area contributed by atoms with Gasteiger partial charge in [0.15, 0.2) is 5.75 Å². The first-order valence-corrected chi connectivity index (χ1v) is 8.08. The summed E-state index contributed by atoms with van der Waals surface area (Å²) in [6.45, 7) is 1.95. The number of hydrogen-bond acceptors (Lipinski definition) is 4. The fourth-order valence-corrected chi connectivity index (χ4v) is 4.21. The van der Waals surface area contributed by atoms with Crippen molar-refractivity contribution < 1.29 is 13.2 Å². The van der Waals surface area contributed by atoms with Crippen LogP contribution in [0.2, 0.25) is 5.02 Å². The molecular formula is C11H17BrCl2N2O3S. The number of methoxy groups -OCH3 is 1. The first kappa shape index (κ1) is 19.9. The molecule has 5 nitrogen and oxygen atoms in total. The lowest BCUT2D eigenvalue weighted by atomic mass is 10.3. The largest absolute Gasteiger partial charge is 0.494 e. The van der Waals surface area contributed by atoms with Gasteiger partial charge >= 0.3 is 0 Å². The molecule has 2 N–H and O–H groups in total. The second-order valence-electron chi connectivity index (χ2n) is 4.02. The number of benzene rings is 1. The Morgan fingerprint density at radius 1 is 1.50 bits per heavy atom. The van der Waals surface area contributed by atoms with Crippen LogP contribution in [0.15, 0.2) is 21.5 Å². The standard InChI is InChI=1S/C11H16BrClN2O3S.ClH/c1-7(6-14)15(2)19(16,17)10-5-8(13)4-9(12)11(10)18-3;/h4-5,7H,6,14H2,1-3H3;1H. The smallest absolute Gasteiger partial charge is 0.246 e. The van der Waals surface area contributed by atoms with Gasteiger partial charge in [-0.25, -0.2) is 8.42 Å². The number of nitrogens with zero attached hydrogens (tertiary/aromatic N) is 1. The first-order valence-electron chi connectivity index (χ1n) is 5.46. The van der Waals surface area contributed by atoms with Crippen molar-refractivity contribution >= 4 is 50.0 Å². The van der Waals surface area contributed by atoms with Crippen LogP contribution in [0.4, 0.5) is 0 Å². The number of halogens is 3. The van der Waals surface area contributed by atoms with Gasteiger partial charge in [0.1, 0.15) is 4.90 Å². The van der Waals surface area contributed by atoms with Gasteiger partial charge in [0, 0.05) is 24.7 Å². The first-order chi connectivity index (χ1) is 8.75. The Bertz CT molecular complexity index is 569. The van der Waals surface area contributed by atoms with E-state index in [0.29, 0.717) is 9.50 Å². The number of ether oxygens (including phenoxy) is 1. The van der Waals surface area contributed by atoms with Crippen LogP contribution in [0, 0.1) is 0 Å². The predicted molar refractivity (Wildman–Crippen MR) is 86.4 cm³/mol. The SMILES string of the molecule is COc1c(Br)cc(Cl)cc1S(=O)(=O)N(C)C(C)CN.Cl. The number of sulfonamides is 1. The molecule has 9 heteroatoms. The Balaban J connectivity index is 0.00000361. The van der Waals surface area contributed by atoms with E-state index in [1.165, 1.54) is 24.5 Å². The number of nitrogens with two attached hydrogens (primary N) is 1. The zero-order chi connectivity index (χ0) is 14.8. The molecule has 0 aliphatic carbocycles. The molecule has 0 bridgehead atoms. The minimum absolute atomic E-state index is 0. The van der Waals surface area contributed by atoms with Gasteiger partial charge in [-0.1, -0.05) is 11.6 Å². The van der Waals surface area contributed by atoms with Crippen LogP contribution in [0.3, 0.4) is 0 Å². The van der Waals surface area contributed by atoms with E-state index in [0.717, 1.165) is 0 Å². The second kappa shape index (κ2) is 7.82. The van der Waals surface area contributed by atoms with Crippen LogP contribution >= 0.6 is 39.9 Å². The molecule has 0 aliphatic rings. The summed E-state index contributed by atoms with van der Waals surface area (Å²) >= 11 is 9.15. The molecule has 0 aromatic heterocycles. The van der Waals surface area contributed by atoms with Crippen molar-refractivity contribution in [3.05, 3.63) is 21.6 Å². The van der Waals surface area contributed by atoms with Gasteiger partial charge in [0.25, 0.3) is 0 Å². The van der Waals surface area contributed by atoms with Crippen molar-refractivity contribution in [1.82, 2.24) is 4.31 Å². The molecular weight excluding hydrogens is 391 g/mol. The minimum atomic E-state index is -3.72. The van der Waals surface area contributed by atoms with Crippen molar-refractivity contribution in [1.29, 1.82) is 0 Å². The van der Waals surface area contributed by atoms with Gasteiger partial charge in [0.05, 0.1) is 11.6 Å². The van der Waals surface area contributed by atoms with Crippen LogP contribution in [0.5, 0.6) is 5.75 Å². The summed E-state index contributed by atoms with van der Waals surface area (Å²) in [4.78, 5) is 0.0113. The topological polar surface area (TPSA) is 72.6 Å². The Hall–Kier alpha value is -0.0500. The fraction of sp³-hybridized carbons (Fsp3) is 0.455. The summed E-state index contributed by atoms with van der Waals surface area (Å²) < 4.78 is 31.9. The lowest BCUT2D eigenvalue weighted by Crippen LogP contribution is -2.39. The third-order valence-electron chi connectivity index (χ3n) is 2.80. The molecule has 1 atom stereocenters. The fourth-order valence-electron chi connectivity index (χ4n) is 1.47. The third-order valence-corrected chi connectivity index (χ3v) is 5.58. The van der Waals surface area contributed by atoms with E-state index < -0.39 is 10.0 Å². The van der Waals surface area contributed by atoms with Crippen molar-refractivity contribution in [2.45, 2.75) is 17.9 Å². The molecule has 1 unspecified atom stereocenters. The molecule has 0 aliphatic heterocycles. The average molecular weight is 408 g/mol. The molecule has 1 rings (SSSR count). The van der Waals surface area contributed by atoms with Crippen LogP contribution in [0.25, 0.3) is 0 Å². The molecule has 0 heterocycles. The summed E-state index contributed by atoms with van der Waals surface area (Å²) in [6, 6.07) is 2.61. The normalized spacial score (nSPS) is 12.9. The number of rotatable bonds is 5. The van der Waals surface area contributed by atoms with E-state index in [1.54, 1.807) is 13.0 Å². The molecule has 0 amide bonds. The Morgan fingerprint density at radius 2 is 2.05 bits per heavy atom. The van der Waals surface area contributed by atoms with Crippen LogP contribution in [-0.4, -0.2) is 39.5 Å². The lowest BCUT2D eigenvalue weighted by Gasteiger charge is -2.24. The van der Waals surface area contributed by atoms with Gasteiger partial charge < -0.3 is 10.5 Å². The molecule has 1 aromatic carbocycles. The molecule has 0 saturated heterocycles. The highest BCUT2D eigenvalue weighted by Crippen LogP contribution is 2.36. The van der Waals surface area contributed by atoms with Crippen LogP contribution < -0.4 is 10.5 Å². The second-order valence-corrected chi connectivity index (χ2v) is 7.28. The average Bonchev–Trinajstić information content (AvgIpc) is 2.35. The summed E-state index contributed by atoms with van der Waals surface area (Å²) in [5.74, 6) is 0.223. The van der Waals surface area contributed by atoms with Gasteiger partial charge in [-0.05, 0) is 35.0 Å². The lowest BCUT2D eigenvalue weighted by molar-refractivity contribution is 0.379. The minimum Gasteiger partial charge on any atom is -0.494 e. The zero-order valence-electron chi connectivity index (χ0n) is 11.3. The highest BCUT2D eigenvalue weighted by molar-refractivity contribution is 9.10. The van der Waals surface area contributed by atoms with Crippen molar-refractivity contribution in [3.63, 3.8) is 0 Å². The third kappa shape index (κ3) is 3.99. The van der Waals surface area contributed by atoms with Gasteiger partial charge in [-0.15, -0.1) is 12.4 Å². The number of hydrogen-bond donors (Lipinski definition) is 1. The molecule has 116 valence electrons. The maximum atomic E-state index is 12.5. The maximum Gasteiger partial charge on any atom is 0.246 e.